The average molecular weight is 238 g/mol. The van der Waals surface area contributed by atoms with E-state index in [-0.39, 0.29) is 0 Å². The molecular formula is C12H22N4O. The molecule has 0 aliphatic heterocycles. The van der Waals surface area contributed by atoms with E-state index < -0.39 is 0 Å². The fourth-order valence-corrected chi connectivity index (χ4v) is 1.60. The average Bonchev–Trinajstić information content (AvgIpc) is 2.39. The van der Waals surface area contributed by atoms with Crippen molar-refractivity contribution < 1.29 is 4.74 Å². The third-order valence-corrected chi connectivity index (χ3v) is 2.80. The predicted octanol–water partition coefficient (Wildman–Crippen LogP) is 2.36. The molecule has 17 heavy (non-hydrogen) atoms. The van der Waals surface area contributed by atoms with Crippen LogP contribution in [0.4, 0.5) is 5.82 Å². The van der Waals surface area contributed by atoms with Gasteiger partial charge in [-0.25, -0.2) is 15.8 Å². The van der Waals surface area contributed by atoms with Crippen molar-refractivity contribution in [3.8, 4) is 5.88 Å². The lowest BCUT2D eigenvalue weighted by atomic mass is 10.0. The highest BCUT2D eigenvalue weighted by molar-refractivity contribution is 5.35. The number of aromatic nitrogens is 2. The van der Waals surface area contributed by atoms with Gasteiger partial charge in [-0.3, -0.25) is 0 Å². The van der Waals surface area contributed by atoms with Crippen LogP contribution in [0, 0.1) is 5.92 Å². The number of nitrogens with one attached hydrogen (secondary N) is 1. The first-order chi connectivity index (χ1) is 8.30. The number of unbranched alkanes of at least 4 members (excludes halogenated alkanes) is 1. The molecule has 1 unspecified atom stereocenters. The fourth-order valence-electron chi connectivity index (χ4n) is 1.60. The van der Waals surface area contributed by atoms with Crippen molar-refractivity contribution in [3.05, 3.63) is 12.4 Å². The minimum Gasteiger partial charge on any atom is -0.477 e. The van der Waals surface area contributed by atoms with E-state index in [2.05, 4.69) is 29.2 Å². The highest BCUT2D eigenvalue weighted by Crippen LogP contribution is 2.16. The van der Waals surface area contributed by atoms with Gasteiger partial charge in [0, 0.05) is 6.07 Å². The van der Waals surface area contributed by atoms with Gasteiger partial charge in [0.15, 0.2) is 0 Å². The number of anilines is 1. The Labute approximate surface area is 103 Å². The van der Waals surface area contributed by atoms with E-state index in [1.165, 1.54) is 25.6 Å². The van der Waals surface area contributed by atoms with Crippen LogP contribution in [0.1, 0.15) is 39.5 Å². The van der Waals surface area contributed by atoms with Crippen LogP contribution in [0.5, 0.6) is 5.88 Å². The first kappa shape index (κ1) is 13.7. The van der Waals surface area contributed by atoms with Gasteiger partial charge < -0.3 is 10.2 Å². The van der Waals surface area contributed by atoms with Crippen molar-refractivity contribution in [2.75, 3.05) is 12.0 Å². The smallest absolute Gasteiger partial charge is 0.218 e. The van der Waals surface area contributed by atoms with E-state index in [1.807, 2.05) is 0 Å². The molecular weight excluding hydrogens is 216 g/mol. The summed E-state index contributed by atoms with van der Waals surface area (Å²) in [5, 5.41) is 0. The Balaban J connectivity index is 2.41. The second-order valence-electron chi connectivity index (χ2n) is 4.11. The zero-order valence-electron chi connectivity index (χ0n) is 10.6. The number of rotatable bonds is 8. The van der Waals surface area contributed by atoms with E-state index in [4.69, 9.17) is 10.6 Å². The van der Waals surface area contributed by atoms with Gasteiger partial charge in [0.1, 0.15) is 12.1 Å². The molecule has 96 valence electrons. The van der Waals surface area contributed by atoms with Crippen LogP contribution in [-0.4, -0.2) is 16.6 Å². The molecule has 0 fully saturated rings. The molecule has 0 saturated carbocycles. The summed E-state index contributed by atoms with van der Waals surface area (Å²) in [6.45, 7) is 5.10. The predicted molar refractivity (Wildman–Crippen MR) is 68.6 cm³/mol. The normalized spacial score (nSPS) is 12.2. The number of nitrogens with two attached hydrogens (primary N) is 1. The second-order valence-corrected chi connectivity index (χ2v) is 4.11. The lowest BCUT2D eigenvalue weighted by Gasteiger charge is -2.15. The number of hydrazine groups is 1. The third kappa shape index (κ3) is 4.99. The van der Waals surface area contributed by atoms with Crippen LogP contribution in [0.2, 0.25) is 0 Å². The van der Waals surface area contributed by atoms with Crippen molar-refractivity contribution in [3.63, 3.8) is 0 Å². The maximum Gasteiger partial charge on any atom is 0.218 e. The number of hydrogen-bond donors (Lipinski definition) is 2. The van der Waals surface area contributed by atoms with Crippen LogP contribution < -0.4 is 16.0 Å². The molecule has 5 heteroatoms. The summed E-state index contributed by atoms with van der Waals surface area (Å²) in [4.78, 5) is 7.97. The summed E-state index contributed by atoms with van der Waals surface area (Å²) in [5.41, 5.74) is 2.47. The van der Waals surface area contributed by atoms with Crippen molar-refractivity contribution in [2.24, 2.45) is 11.8 Å². The summed E-state index contributed by atoms with van der Waals surface area (Å²) in [6, 6.07) is 1.70. The van der Waals surface area contributed by atoms with E-state index in [1.54, 1.807) is 6.07 Å². The molecule has 5 nitrogen and oxygen atoms in total. The van der Waals surface area contributed by atoms with Crippen molar-refractivity contribution in [1.29, 1.82) is 0 Å². The minimum absolute atomic E-state index is 0.566. The van der Waals surface area contributed by atoms with Gasteiger partial charge in [0.25, 0.3) is 0 Å². The summed E-state index contributed by atoms with van der Waals surface area (Å²) < 4.78 is 5.65. The first-order valence-electron chi connectivity index (χ1n) is 6.21. The van der Waals surface area contributed by atoms with E-state index in [0.717, 1.165) is 6.42 Å². The van der Waals surface area contributed by atoms with Crippen LogP contribution in [0.3, 0.4) is 0 Å². The van der Waals surface area contributed by atoms with Gasteiger partial charge in [-0.15, -0.1) is 0 Å². The molecule has 0 spiro atoms. The lowest BCUT2D eigenvalue weighted by molar-refractivity contribution is 0.225. The topological polar surface area (TPSA) is 73.1 Å². The summed E-state index contributed by atoms with van der Waals surface area (Å²) in [6.07, 6.45) is 6.26. The van der Waals surface area contributed by atoms with Crippen molar-refractivity contribution in [1.82, 2.24) is 9.97 Å². The molecule has 1 atom stereocenters. The monoisotopic (exact) mass is 238 g/mol. The molecule has 1 heterocycles. The van der Waals surface area contributed by atoms with Gasteiger partial charge >= 0.3 is 0 Å². The quantitative estimate of drug-likeness (QED) is 0.537. The number of nitrogen functional groups attached to an aromatic ring is 1. The zero-order chi connectivity index (χ0) is 12.5. The molecule has 1 aromatic heterocycles. The van der Waals surface area contributed by atoms with Gasteiger partial charge in [-0.2, -0.15) is 0 Å². The maximum absolute atomic E-state index is 5.65. The maximum atomic E-state index is 5.65. The largest absolute Gasteiger partial charge is 0.477 e. The number of ether oxygens (including phenoxy) is 1. The van der Waals surface area contributed by atoms with Gasteiger partial charge in [-0.05, 0) is 12.3 Å². The molecule has 0 aromatic carbocycles. The standard InChI is InChI=1S/C12H22N4O/c1-3-5-6-10(4-2)8-17-12-7-11(16-13)14-9-15-12/h7,9-10H,3-6,8,13H2,1-2H3,(H,14,15,16). The molecule has 0 saturated heterocycles. The molecule has 0 amide bonds. The lowest BCUT2D eigenvalue weighted by Crippen LogP contribution is -2.13. The van der Waals surface area contributed by atoms with E-state index >= 15 is 0 Å². The van der Waals surface area contributed by atoms with E-state index in [9.17, 15) is 0 Å². The van der Waals surface area contributed by atoms with Gasteiger partial charge in [0.05, 0.1) is 6.61 Å². The number of nitrogens with zero attached hydrogens (tertiary/aromatic N) is 2. The Morgan fingerprint density at radius 3 is 2.88 bits per heavy atom. The SMILES string of the molecule is CCCCC(CC)COc1cc(NN)ncn1. The molecule has 0 radical (unpaired) electrons. The Bertz CT molecular complexity index is 319. The van der Waals surface area contributed by atoms with Crippen molar-refractivity contribution >= 4 is 5.82 Å². The highest BCUT2D eigenvalue weighted by atomic mass is 16.5. The minimum atomic E-state index is 0.566. The Morgan fingerprint density at radius 2 is 2.24 bits per heavy atom. The second kappa shape index (κ2) is 7.84. The third-order valence-electron chi connectivity index (χ3n) is 2.80. The molecule has 0 aliphatic carbocycles. The molecule has 1 rings (SSSR count). The van der Waals surface area contributed by atoms with Gasteiger partial charge in [0.2, 0.25) is 5.88 Å². The van der Waals surface area contributed by atoms with Crippen LogP contribution >= 0.6 is 0 Å². The van der Waals surface area contributed by atoms with Crippen LogP contribution in [0.25, 0.3) is 0 Å². The Hall–Kier alpha value is -1.36. The fraction of sp³-hybridized carbons (Fsp3) is 0.667. The number of hydrogen-bond acceptors (Lipinski definition) is 5. The summed E-state index contributed by atoms with van der Waals surface area (Å²) >= 11 is 0. The zero-order valence-corrected chi connectivity index (χ0v) is 10.6. The van der Waals surface area contributed by atoms with Gasteiger partial charge in [-0.1, -0.05) is 33.1 Å². The molecule has 0 bridgehead atoms. The summed E-state index contributed by atoms with van der Waals surface area (Å²) in [7, 11) is 0. The molecule has 0 aliphatic rings. The summed E-state index contributed by atoms with van der Waals surface area (Å²) in [5.74, 6) is 7.01. The molecule has 1 aromatic rings. The van der Waals surface area contributed by atoms with Crippen LogP contribution in [-0.2, 0) is 0 Å². The van der Waals surface area contributed by atoms with E-state index in [0.29, 0.717) is 24.2 Å². The Morgan fingerprint density at radius 1 is 1.41 bits per heavy atom. The van der Waals surface area contributed by atoms with Crippen molar-refractivity contribution in [2.45, 2.75) is 39.5 Å². The first-order valence-corrected chi connectivity index (χ1v) is 6.21. The Kier molecular flexibility index (Phi) is 6.32. The molecule has 3 N–H and O–H groups in total. The highest BCUT2D eigenvalue weighted by Gasteiger charge is 2.07. The van der Waals surface area contributed by atoms with Crippen LogP contribution in [0.15, 0.2) is 12.4 Å².